The molecule has 1 aromatic rings. The molecular formula is C10H16N2OS. The molecule has 0 spiro atoms. The highest BCUT2D eigenvalue weighted by Gasteiger charge is 1.98. The number of thiophene rings is 1. The van der Waals surface area contributed by atoms with E-state index in [1.54, 1.807) is 11.3 Å². The number of carbonyl (C=O) groups excluding carboxylic acids is 1. The molecule has 0 atom stereocenters. The molecule has 14 heavy (non-hydrogen) atoms. The SMILES string of the molecule is CCNC(=O)CNCCc1cccs1. The molecule has 0 aliphatic carbocycles. The first-order valence-electron chi connectivity index (χ1n) is 4.82. The van der Waals surface area contributed by atoms with Crippen molar-refractivity contribution in [3.8, 4) is 0 Å². The molecule has 1 aromatic heterocycles. The van der Waals surface area contributed by atoms with Crippen molar-refractivity contribution < 1.29 is 4.79 Å². The van der Waals surface area contributed by atoms with Gasteiger partial charge in [0.1, 0.15) is 0 Å². The number of nitrogens with one attached hydrogen (secondary N) is 2. The summed E-state index contributed by atoms with van der Waals surface area (Å²) >= 11 is 1.75. The van der Waals surface area contributed by atoms with E-state index >= 15 is 0 Å². The average Bonchev–Trinajstić information content (AvgIpc) is 2.65. The maximum Gasteiger partial charge on any atom is 0.233 e. The first-order valence-corrected chi connectivity index (χ1v) is 5.70. The third kappa shape index (κ3) is 4.39. The van der Waals surface area contributed by atoms with E-state index in [1.807, 2.05) is 13.0 Å². The minimum absolute atomic E-state index is 0.0682. The van der Waals surface area contributed by atoms with Crippen molar-refractivity contribution in [2.45, 2.75) is 13.3 Å². The fourth-order valence-corrected chi connectivity index (χ4v) is 1.84. The van der Waals surface area contributed by atoms with Gasteiger partial charge in [0.2, 0.25) is 5.91 Å². The molecular weight excluding hydrogens is 196 g/mol. The summed E-state index contributed by atoms with van der Waals surface area (Å²) < 4.78 is 0. The standard InChI is InChI=1S/C10H16N2OS/c1-2-12-10(13)8-11-6-5-9-4-3-7-14-9/h3-4,7,11H,2,5-6,8H2,1H3,(H,12,13). The molecule has 4 heteroatoms. The highest BCUT2D eigenvalue weighted by Crippen LogP contribution is 2.07. The lowest BCUT2D eigenvalue weighted by Crippen LogP contribution is -2.34. The Morgan fingerprint density at radius 2 is 2.43 bits per heavy atom. The highest BCUT2D eigenvalue weighted by atomic mass is 32.1. The highest BCUT2D eigenvalue weighted by molar-refractivity contribution is 7.09. The van der Waals surface area contributed by atoms with Gasteiger partial charge in [-0.3, -0.25) is 4.79 Å². The normalized spacial score (nSPS) is 10.1. The summed E-state index contributed by atoms with van der Waals surface area (Å²) in [6.07, 6.45) is 0.997. The monoisotopic (exact) mass is 212 g/mol. The third-order valence-corrected chi connectivity index (χ3v) is 2.72. The number of rotatable bonds is 6. The van der Waals surface area contributed by atoms with Crippen LogP contribution in [0.3, 0.4) is 0 Å². The summed E-state index contributed by atoms with van der Waals surface area (Å²) in [5.41, 5.74) is 0. The van der Waals surface area contributed by atoms with E-state index in [-0.39, 0.29) is 5.91 Å². The molecule has 0 unspecified atom stereocenters. The average molecular weight is 212 g/mol. The fraction of sp³-hybridized carbons (Fsp3) is 0.500. The van der Waals surface area contributed by atoms with E-state index in [2.05, 4.69) is 22.1 Å². The Labute approximate surface area is 88.5 Å². The van der Waals surface area contributed by atoms with Crippen LogP contribution in [0.25, 0.3) is 0 Å². The molecule has 1 amide bonds. The number of hydrogen-bond acceptors (Lipinski definition) is 3. The van der Waals surface area contributed by atoms with Crippen molar-refractivity contribution in [3.05, 3.63) is 22.4 Å². The minimum Gasteiger partial charge on any atom is -0.355 e. The van der Waals surface area contributed by atoms with Crippen molar-refractivity contribution in [1.82, 2.24) is 10.6 Å². The van der Waals surface area contributed by atoms with Crippen LogP contribution in [0.1, 0.15) is 11.8 Å². The Morgan fingerprint density at radius 3 is 3.07 bits per heavy atom. The lowest BCUT2D eigenvalue weighted by atomic mass is 10.3. The number of likely N-dealkylation sites (N-methyl/N-ethyl adjacent to an activating group) is 1. The zero-order valence-corrected chi connectivity index (χ0v) is 9.19. The van der Waals surface area contributed by atoms with Gasteiger partial charge in [0.05, 0.1) is 6.54 Å². The van der Waals surface area contributed by atoms with Crippen LogP contribution in [0.2, 0.25) is 0 Å². The topological polar surface area (TPSA) is 41.1 Å². The van der Waals surface area contributed by atoms with Crippen molar-refractivity contribution in [2.75, 3.05) is 19.6 Å². The number of carbonyl (C=O) groups is 1. The van der Waals surface area contributed by atoms with Gasteiger partial charge >= 0.3 is 0 Å². The van der Waals surface area contributed by atoms with Gasteiger partial charge in [0.25, 0.3) is 0 Å². The number of amides is 1. The van der Waals surface area contributed by atoms with Crippen LogP contribution >= 0.6 is 11.3 Å². The summed E-state index contributed by atoms with van der Waals surface area (Å²) in [6, 6.07) is 4.16. The maximum atomic E-state index is 11.0. The molecule has 3 nitrogen and oxygen atoms in total. The lowest BCUT2D eigenvalue weighted by molar-refractivity contribution is -0.120. The molecule has 0 aromatic carbocycles. The van der Waals surface area contributed by atoms with Gasteiger partial charge in [-0.2, -0.15) is 0 Å². The van der Waals surface area contributed by atoms with Crippen LogP contribution in [0.4, 0.5) is 0 Å². The van der Waals surface area contributed by atoms with Crippen LogP contribution in [-0.4, -0.2) is 25.5 Å². The summed E-state index contributed by atoms with van der Waals surface area (Å²) in [4.78, 5) is 12.4. The van der Waals surface area contributed by atoms with Gasteiger partial charge < -0.3 is 10.6 Å². The van der Waals surface area contributed by atoms with Gasteiger partial charge in [0, 0.05) is 18.0 Å². The number of hydrogen-bond donors (Lipinski definition) is 2. The lowest BCUT2D eigenvalue weighted by Gasteiger charge is -2.03. The van der Waals surface area contributed by atoms with Gasteiger partial charge in [-0.05, 0) is 24.8 Å². The Kier molecular flexibility index (Phi) is 5.25. The molecule has 0 bridgehead atoms. The second-order valence-corrected chi connectivity index (χ2v) is 3.99. The van der Waals surface area contributed by atoms with Gasteiger partial charge in [-0.1, -0.05) is 6.07 Å². The minimum atomic E-state index is 0.0682. The second kappa shape index (κ2) is 6.56. The van der Waals surface area contributed by atoms with Crippen LogP contribution < -0.4 is 10.6 Å². The van der Waals surface area contributed by atoms with Crippen LogP contribution in [0.15, 0.2) is 17.5 Å². The predicted octanol–water partition coefficient (Wildman–Crippen LogP) is 1.02. The zero-order chi connectivity index (χ0) is 10.2. The molecule has 0 saturated heterocycles. The fourth-order valence-electron chi connectivity index (χ4n) is 1.13. The van der Waals surface area contributed by atoms with E-state index in [0.29, 0.717) is 13.1 Å². The van der Waals surface area contributed by atoms with Crippen LogP contribution in [0, 0.1) is 0 Å². The molecule has 1 heterocycles. The van der Waals surface area contributed by atoms with Gasteiger partial charge in [-0.15, -0.1) is 11.3 Å². The summed E-state index contributed by atoms with van der Waals surface area (Å²) in [6.45, 7) is 3.89. The molecule has 0 saturated carbocycles. The predicted molar refractivity (Wildman–Crippen MR) is 59.6 cm³/mol. The van der Waals surface area contributed by atoms with E-state index < -0.39 is 0 Å². The van der Waals surface area contributed by atoms with Crippen molar-refractivity contribution in [2.24, 2.45) is 0 Å². The van der Waals surface area contributed by atoms with Gasteiger partial charge in [-0.25, -0.2) is 0 Å². The van der Waals surface area contributed by atoms with Crippen LogP contribution in [-0.2, 0) is 11.2 Å². The molecule has 1 rings (SSSR count). The second-order valence-electron chi connectivity index (χ2n) is 2.96. The smallest absolute Gasteiger partial charge is 0.233 e. The van der Waals surface area contributed by atoms with Crippen molar-refractivity contribution in [3.63, 3.8) is 0 Å². The molecule has 78 valence electrons. The first-order chi connectivity index (χ1) is 6.83. The van der Waals surface area contributed by atoms with Crippen LogP contribution in [0.5, 0.6) is 0 Å². The molecule has 0 fully saturated rings. The van der Waals surface area contributed by atoms with E-state index in [4.69, 9.17) is 0 Å². The molecule has 2 N–H and O–H groups in total. The Hall–Kier alpha value is -0.870. The zero-order valence-electron chi connectivity index (χ0n) is 8.38. The molecule has 0 aliphatic rings. The van der Waals surface area contributed by atoms with Crippen molar-refractivity contribution >= 4 is 17.2 Å². The third-order valence-electron chi connectivity index (χ3n) is 1.79. The maximum absolute atomic E-state index is 11.0. The van der Waals surface area contributed by atoms with E-state index in [0.717, 1.165) is 13.0 Å². The summed E-state index contributed by atoms with van der Waals surface area (Å²) in [5.74, 6) is 0.0682. The first kappa shape index (κ1) is 11.2. The summed E-state index contributed by atoms with van der Waals surface area (Å²) in [5, 5.41) is 7.91. The molecule has 0 aliphatic heterocycles. The Morgan fingerprint density at radius 1 is 1.57 bits per heavy atom. The van der Waals surface area contributed by atoms with E-state index in [9.17, 15) is 4.79 Å². The quantitative estimate of drug-likeness (QED) is 0.691. The van der Waals surface area contributed by atoms with Gasteiger partial charge in [0.15, 0.2) is 0 Å². The summed E-state index contributed by atoms with van der Waals surface area (Å²) in [7, 11) is 0. The van der Waals surface area contributed by atoms with Crippen molar-refractivity contribution in [1.29, 1.82) is 0 Å². The molecule has 0 radical (unpaired) electrons. The Bertz CT molecular complexity index is 259. The Balaban J connectivity index is 2.02. The van der Waals surface area contributed by atoms with E-state index in [1.165, 1.54) is 4.88 Å². The largest absolute Gasteiger partial charge is 0.355 e.